The zero-order valence-electron chi connectivity index (χ0n) is 15.1. The molecule has 2 N–H and O–H groups in total. The van der Waals surface area contributed by atoms with Gasteiger partial charge in [-0.15, -0.1) is 0 Å². The highest BCUT2D eigenvalue weighted by Gasteiger charge is 2.26. The normalized spacial score (nSPS) is 13.3. The highest BCUT2D eigenvalue weighted by molar-refractivity contribution is 5.92. The van der Waals surface area contributed by atoms with Crippen molar-refractivity contribution in [3.8, 4) is 0 Å². The molecule has 0 amide bonds. The fourth-order valence-corrected chi connectivity index (χ4v) is 2.71. The molecule has 1 aromatic heterocycles. The Kier molecular flexibility index (Phi) is 8.29. The molecule has 7 heteroatoms. The topological polar surface area (TPSA) is 96.4 Å². The van der Waals surface area contributed by atoms with Crippen molar-refractivity contribution in [3.05, 3.63) is 12.0 Å². The summed E-state index contributed by atoms with van der Waals surface area (Å²) in [4.78, 5) is 27.3. The Bertz CT molecular complexity index is 542. The summed E-state index contributed by atoms with van der Waals surface area (Å²) < 4.78 is 12.0. The summed E-state index contributed by atoms with van der Waals surface area (Å²) >= 11 is 0. The van der Waals surface area contributed by atoms with Crippen LogP contribution in [-0.2, 0) is 14.3 Å². The first-order valence-corrected chi connectivity index (χ1v) is 8.58. The average Bonchev–Trinajstić information content (AvgIpc) is 2.88. The number of esters is 2. The van der Waals surface area contributed by atoms with Crippen molar-refractivity contribution in [2.45, 2.75) is 71.9 Å². The molecule has 0 saturated carbocycles. The van der Waals surface area contributed by atoms with Gasteiger partial charge in [0.1, 0.15) is 11.9 Å². The molecule has 1 aromatic rings. The Labute approximate surface area is 143 Å². The number of anilines is 1. The molecule has 0 saturated heterocycles. The van der Waals surface area contributed by atoms with Gasteiger partial charge in [-0.2, -0.15) is 0 Å². The van der Waals surface area contributed by atoms with Crippen LogP contribution < -0.4 is 5.73 Å². The first kappa shape index (κ1) is 20.0. The van der Waals surface area contributed by atoms with E-state index in [1.165, 1.54) is 13.3 Å². The average molecular weight is 339 g/mol. The largest absolute Gasteiger partial charge is 0.461 e. The molecule has 7 nitrogen and oxygen atoms in total. The minimum absolute atomic E-state index is 0.102. The molecule has 0 fully saturated rings. The van der Waals surface area contributed by atoms with E-state index < -0.39 is 5.97 Å². The van der Waals surface area contributed by atoms with E-state index in [4.69, 9.17) is 15.2 Å². The van der Waals surface area contributed by atoms with Gasteiger partial charge in [0.05, 0.1) is 19.0 Å². The van der Waals surface area contributed by atoms with Gasteiger partial charge in [-0.1, -0.05) is 32.6 Å². The summed E-state index contributed by atoms with van der Waals surface area (Å²) in [5, 5.41) is 0. The zero-order valence-corrected chi connectivity index (χ0v) is 15.1. The number of carbonyl (C=O) groups excluding carboxylic acids is 2. The predicted octanol–water partition coefficient (Wildman–Crippen LogP) is 3.11. The van der Waals surface area contributed by atoms with Gasteiger partial charge in [0.25, 0.3) is 0 Å². The molecule has 2 unspecified atom stereocenters. The lowest BCUT2D eigenvalue weighted by atomic mass is 10.0. The number of imidazole rings is 1. The van der Waals surface area contributed by atoms with Crippen LogP contribution in [0.5, 0.6) is 0 Å². The van der Waals surface area contributed by atoms with Crippen molar-refractivity contribution in [2.24, 2.45) is 0 Å². The van der Waals surface area contributed by atoms with Crippen LogP contribution in [0.25, 0.3) is 0 Å². The van der Waals surface area contributed by atoms with Gasteiger partial charge in [0.15, 0.2) is 5.69 Å². The number of nitrogens with zero attached hydrogens (tertiary/aromatic N) is 2. The van der Waals surface area contributed by atoms with Crippen LogP contribution in [0.2, 0.25) is 0 Å². The second-order valence-electron chi connectivity index (χ2n) is 5.84. The van der Waals surface area contributed by atoms with Crippen LogP contribution in [0.15, 0.2) is 6.33 Å². The van der Waals surface area contributed by atoms with Crippen molar-refractivity contribution in [2.75, 3.05) is 12.3 Å². The fourth-order valence-electron chi connectivity index (χ4n) is 2.71. The maximum Gasteiger partial charge on any atom is 0.360 e. The predicted molar refractivity (Wildman–Crippen MR) is 91.6 cm³/mol. The van der Waals surface area contributed by atoms with Crippen LogP contribution in [-0.4, -0.2) is 34.2 Å². The molecule has 0 aromatic carbocycles. The standard InChI is InChI=1S/C17H29N3O4/c1-5-7-8-9-10-14(12(3)24-13(4)21)20-11-19-15(16(20)18)17(22)23-6-2/h11-12,14H,5-10,18H2,1-4H3. The van der Waals surface area contributed by atoms with Gasteiger partial charge >= 0.3 is 11.9 Å². The van der Waals surface area contributed by atoms with Crippen molar-refractivity contribution in [1.29, 1.82) is 0 Å². The summed E-state index contributed by atoms with van der Waals surface area (Å²) in [5.74, 6) is -0.642. The van der Waals surface area contributed by atoms with E-state index in [9.17, 15) is 9.59 Å². The molecule has 1 rings (SSSR count). The first-order chi connectivity index (χ1) is 11.4. The molecule has 0 aliphatic carbocycles. The van der Waals surface area contributed by atoms with Gasteiger partial charge < -0.3 is 19.8 Å². The molecule has 0 bridgehead atoms. The van der Waals surface area contributed by atoms with Crippen LogP contribution in [0, 0.1) is 0 Å². The molecule has 1 heterocycles. The Morgan fingerprint density at radius 3 is 2.58 bits per heavy atom. The number of unbranched alkanes of at least 4 members (excludes halogenated alkanes) is 3. The molecule has 24 heavy (non-hydrogen) atoms. The summed E-state index contributed by atoms with van der Waals surface area (Å²) in [5.41, 5.74) is 6.20. The third-order valence-corrected chi connectivity index (χ3v) is 3.91. The number of rotatable bonds is 10. The summed E-state index contributed by atoms with van der Waals surface area (Å²) in [7, 11) is 0. The number of nitrogens with two attached hydrogens (primary N) is 1. The third-order valence-electron chi connectivity index (χ3n) is 3.91. The van der Waals surface area contributed by atoms with Gasteiger partial charge in [-0.3, -0.25) is 4.79 Å². The first-order valence-electron chi connectivity index (χ1n) is 8.58. The summed E-state index contributed by atoms with van der Waals surface area (Å²) in [6, 6.07) is -0.165. The third kappa shape index (κ3) is 5.54. The number of ether oxygens (including phenoxy) is 2. The number of carbonyl (C=O) groups is 2. The Balaban J connectivity index is 2.96. The van der Waals surface area contributed by atoms with E-state index in [1.54, 1.807) is 11.5 Å². The van der Waals surface area contributed by atoms with Crippen LogP contribution in [0.1, 0.15) is 76.3 Å². The van der Waals surface area contributed by atoms with Gasteiger partial charge in [0, 0.05) is 6.92 Å². The van der Waals surface area contributed by atoms with E-state index in [2.05, 4.69) is 11.9 Å². The molecule has 2 atom stereocenters. The Morgan fingerprint density at radius 1 is 1.29 bits per heavy atom. The van der Waals surface area contributed by atoms with Crippen LogP contribution in [0.4, 0.5) is 5.82 Å². The van der Waals surface area contributed by atoms with Crippen molar-refractivity contribution in [3.63, 3.8) is 0 Å². The van der Waals surface area contributed by atoms with Crippen molar-refractivity contribution < 1.29 is 19.1 Å². The minimum Gasteiger partial charge on any atom is -0.461 e. The summed E-state index contributed by atoms with van der Waals surface area (Å²) in [6.45, 7) is 7.35. The van der Waals surface area contributed by atoms with E-state index >= 15 is 0 Å². The minimum atomic E-state index is -0.543. The SMILES string of the molecule is CCCCCCC(C(C)OC(C)=O)n1cnc(C(=O)OCC)c1N. The maximum absolute atomic E-state index is 11.9. The number of hydrogen-bond acceptors (Lipinski definition) is 6. The lowest BCUT2D eigenvalue weighted by Crippen LogP contribution is -2.27. The molecular weight excluding hydrogens is 310 g/mol. The van der Waals surface area contributed by atoms with Crippen molar-refractivity contribution >= 4 is 17.8 Å². The molecule has 0 radical (unpaired) electrons. The molecule has 0 aliphatic heterocycles. The lowest BCUT2D eigenvalue weighted by molar-refractivity contribution is -0.147. The zero-order chi connectivity index (χ0) is 18.1. The van der Waals surface area contributed by atoms with E-state index in [-0.39, 0.29) is 36.2 Å². The van der Waals surface area contributed by atoms with E-state index in [0.29, 0.717) is 0 Å². The highest BCUT2D eigenvalue weighted by Crippen LogP contribution is 2.27. The quantitative estimate of drug-likeness (QED) is 0.520. The monoisotopic (exact) mass is 339 g/mol. The van der Waals surface area contributed by atoms with Crippen molar-refractivity contribution in [1.82, 2.24) is 9.55 Å². The number of nitrogen functional groups attached to an aromatic ring is 1. The maximum atomic E-state index is 11.9. The lowest BCUT2D eigenvalue weighted by Gasteiger charge is -2.26. The second kappa shape index (κ2) is 9.95. The van der Waals surface area contributed by atoms with E-state index in [1.807, 2.05) is 6.92 Å². The second-order valence-corrected chi connectivity index (χ2v) is 5.84. The Morgan fingerprint density at radius 2 is 2.00 bits per heavy atom. The Hall–Kier alpha value is -2.05. The van der Waals surface area contributed by atoms with Gasteiger partial charge in [-0.25, -0.2) is 9.78 Å². The van der Waals surface area contributed by atoms with Crippen LogP contribution in [0.3, 0.4) is 0 Å². The fraction of sp³-hybridized carbons (Fsp3) is 0.706. The summed E-state index contributed by atoms with van der Waals surface area (Å²) in [6.07, 6.45) is 6.32. The molecule has 0 aliphatic rings. The van der Waals surface area contributed by atoms with Gasteiger partial charge in [-0.05, 0) is 20.3 Å². The molecule has 0 spiro atoms. The number of hydrogen-bond donors (Lipinski definition) is 1. The van der Waals surface area contributed by atoms with E-state index in [0.717, 1.165) is 32.1 Å². The molecule has 136 valence electrons. The van der Waals surface area contributed by atoms with Gasteiger partial charge in [0.2, 0.25) is 0 Å². The van der Waals surface area contributed by atoms with Crippen LogP contribution >= 0.6 is 0 Å². The number of aromatic nitrogens is 2. The highest BCUT2D eigenvalue weighted by atomic mass is 16.5. The smallest absolute Gasteiger partial charge is 0.360 e. The molecular formula is C17H29N3O4.